The molecule has 0 bridgehead atoms. The van der Waals surface area contributed by atoms with E-state index in [0.717, 1.165) is 12.3 Å². The fourth-order valence-corrected chi connectivity index (χ4v) is 3.44. The van der Waals surface area contributed by atoms with E-state index in [1.54, 1.807) is 0 Å². The van der Waals surface area contributed by atoms with Crippen molar-refractivity contribution in [1.29, 1.82) is 0 Å². The van der Waals surface area contributed by atoms with Gasteiger partial charge in [0.15, 0.2) is 0 Å². The maximum atomic E-state index is 11.3. The lowest BCUT2D eigenvalue weighted by atomic mass is 10.3. The first-order chi connectivity index (χ1) is 5.83. The maximum absolute atomic E-state index is 11.3. The number of esters is 1. The van der Waals surface area contributed by atoms with Crippen molar-refractivity contribution < 1.29 is 9.53 Å². The quantitative estimate of drug-likeness (QED) is 0.565. The molecule has 2 fully saturated rings. The van der Waals surface area contributed by atoms with Gasteiger partial charge < -0.3 is 4.74 Å². The second kappa shape index (κ2) is 3.26. The second-order valence-corrected chi connectivity index (χ2v) is 4.42. The summed E-state index contributed by atoms with van der Waals surface area (Å²) in [6.45, 7) is 1.07. The van der Waals surface area contributed by atoms with Crippen molar-refractivity contribution in [2.45, 2.75) is 24.3 Å². The van der Waals surface area contributed by atoms with E-state index in [-0.39, 0.29) is 12.0 Å². The molecule has 2 atom stereocenters. The van der Waals surface area contributed by atoms with E-state index in [9.17, 15) is 4.79 Å². The average molecular weight is 187 g/mol. The van der Waals surface area contributed by atoms with Crippen molar-refractivity contribution >= 4 is 17.7 Å². The Morgan fingerprint density at radius 2 is 2.50 bits per heavy atom. The Bertz CT molecular complexity index is 197. The van der Waals surface area contributed by atoms with Gasteiger partial charge in [-0.2, -0.15) is 0 Å². The normalized spacial score (nSPS) is 35.1. The van der Waals surface area contributed by atoms with Gasteiger partial charge in [-0.25, -0.2) is 0 Å². The van der Waals surface area contributed by atoms with Crippen LogP contribution < -0.4 is 0 Å². The van der Waals surface area contributed by atoms with Crippen LogP contribution in [0.4, 0.5) is 0 Å². The van der Waals surface area contributed by atoms with Gasteiger partial charge in [-0.1, -0.05) is 0 Å². The smallest absolute Gasteiger partial charge is 0.323 e. The van der Waals surface area contributed by atoms with Gasteiger partial charge in [-0.15, -0.1) is 11.8 Å². The molecular weight excluding hydrogens is 174 g/mol. The number of rotatable bonds is 1. The van der Waals surface area contributed by atoms with Crippen LogP contribution in [0.25, 0.3) is 0 Å². The van der Waals surface area contributed by atoms with Crippen LogP contribution in [0.2, 0.25) is 0 Å². The zero-order valence-electron chi connectivity index (χ0n) is 7.16. The highest BCUT2D eigenvalue weighted by Gasteiger charge is 2.41. The fourth-order valence-electron chi connectivity index (χ4n) is 1.93. The number of carbonyl (C=O) groups excluding carboxylic acids is 1. The monoisotopic (exact) mass is 187 g/mol. The number of methoxy groups -OCH3 is 1. The van der Waals surface area contributed by atoms with Crippen LogP contribution in [-0.2, 0) is 9.53 Å². The Hall–Kier alpha value is -0.220. The van der Waals surface area contributed by atoms with Crippen LogP contribution in [0, 0.1) is 0 Å². The van der Waals surface area contributed by atoms with Gasteiger partial charge >= 0.3 is 5.97 Å². The van der Waals surface area contributed by atoms with Crippen LogP contribution in [-0.4, -0.2) is 41.7 Å². The minimum Gasteiger partial charge on any atom is -0.468 e. The summed E-state index contributed by atoms with van der Waals surface area (Å²) in [6, 6.07) is 0.0347. The van der Waals surface area contributed by atoms with E-state index in [1.165, 1.54) is 20.0 Å². The van der Waals surface area contributed by atoms with Gasteiger partial charge in [-0.05, 0) is 12.8 Å². The highest BCUT2D eigenvalue weighted by atomic mass is 32.2. The molecule has 2 aliphatic rings. The molecule has 0 aromatic heterocycles. The Balaban J connectivity index is 2.04. The number of nitrogens with zero attached hydrogens (tertiary/aromatic N) is 1. The van der Waals surface area contributed by atoms with Gasteiger partial charge in [0, 0.05) is 12.3 Å². The number of thioether (sulfide) groups is 1. The van der Waals surface area contributed by atoms with Gasteiger partial charge in [-0.3, -0.25) is 9.69 Å². The molecular formula is C8H13NO2S. The molecule has 0 aromatic rings. The first-order valence-corrected chi connectivity index (χ1v) is 5.33. The summed E-state index contributed by atoms with van der Waals surface area (Å²) in [5.74, 6) is 0.851. The topological polar surface area (TPSA) is 29.5 Å². The van der Waals surface area contributed by atoms with E-state index in [4.69, 9.17) is 4.74 Å². The standard InChI is InChI=1S/C8H13NO2S/c1-11-8(10)6-5-12-7-3-2-4-9(6)7/h6-7H,2-5H2,1H3. The molecule has 2 heterocycles. The molecule has 0 spiro atoms. The van der Waals surface area contributed by atoms with E-state index >= 15 is 0 Å². The summed E-state index contributed by atoms with van der Waals surface area (Å²) in [5, 5.41) is 0.592. The summed E-state index contributed by atoms with van der Waals surface area (Å²) in [5.41, 5.74) is 0. The number of ether oxygens (including phenoxy) is 1. The highest BCUT2D eigenvalue weighted by Crippen LogP contribution is 2.36. The number of carbonyl (C=O) groups is 1. The minimum atomic E-state index is -0.0631. The lowest BCUT2D eigenvalue weighted by Gasteiger charge is -2.19. The van der Waals surface area contributed by atoms with Crippen molar-refractivity contribution in [3.8, 4) is 0 Å². The van der Waals surface area contributed by atoms with Gasteiger partial charge in [0.2, 0.25) is 0 Å². The molecule has 0 saturated carbocycles. The largest absolute Gasteiger partial charge is 0.468 e. The van der Waals surface area contributed by atoms with Gasteiger partial charge in [0.1, 0.15) is 6.04 Å². The molecule has 2 unspecified atom stereocenters. The summed E-state index contributed by atoms with van der Waals surface area (Å²) >= 11 is 1.89. The fraction of sp³-hybridized carbons (Fsp3) is 0.875. The lowest BCUT2D eigenvalue weighted by molar-refractivity contribution is -0.145. The first kappa shape index (κ1) is 8.38. The SMILES string of the molecule is COC(=O)C1CSC2CCCN21. The molecule has 0 N–H and O–H groups in total. The van der Waals surface area contributed by atoms with Crippen molar-refractivity contribution in [3.05, 3.63) is 0 Å². The molecule has 0 aliphatic carbocycles. The zero-order chi connectivity index (χ0) is 8.55. The zero-order valence-corrected chi connectivity index (χ0v) is 7.97. The molecule has 3 nitrogen and oxygen atoms in total. The first-order valence-electron chi connectivity index (χ1n) is 4.28. The molecule has 2 aliphatic heterocycles. The maximum Gasteiger partial charge on any atom is 0.323 e. The average Bonchev–Trinajstić information content (AvgIpc) is 2.62. The second-order valence-electron chi connectivity index (χ2n) is 3.21. The van der Waals surface area contributed by atoms with Crippen LogP contribution in [0.3, 0.4) is 0 Å². The van der Waals surface area contributed by atoms with Crippen molar-refractivity contribution in [3.63, 3.8) is 0 Å². The van der Waals surface area contributed by atoms with Crippen LogP contribution in [0.1, 0.15) is 12.8 Å². The van der Waals surface area contributed by atoms with Crippen molar-refractivity contribution in [1.82, 2.24) is 4.90 Å². The van der Waals surface area contributed by atoms with Crippen LogP contribution in [0.15, 0.2) is 0 Å². The van der Waals surface area contributed by atoms with E-state index < -0.39 is 0 Å². The Morgan fingerprint density at radius 1 is 1.67 bits per heavy atom. The molecule has 68 valence electrons. The molecule has 4 heteroatoms. The molecule has 2 rings (SSSR count). The summed E-state index contributed by atoms with van der Waals surface area (Å²) in [7, 11) is 1.47. The third kappa shape index (κ3) is 1.23. The van der Waals surface area contributed by atoms with E-state index in [2.05, 4.69) is 4.90 Å². The summed E-state index contributed by atoms with van der Waals surface area (Å²) in [4.78, 5) is 13.6. The molecule has 0 amide bonds. The van der Waals surface area contributed by atoms with Gasteiger partial charge in [0.25, 0.3) is 0 Å². The van der Waals surface area contributed by atoms with E-state index in [0.29, 0.717) is 5.37 Å². The minimum absolute atomic E-state index is 0.0347. The third-order valence-corrected chi connectivity index (χ3v) is 3.96. The Kier molecular flexibility index (Phi) is 2.28. The van der Waals surface area contributed by atoms with Crippen LogP contribution >= 0.6 is 11.8 Å². The third-order valence-electron chi connectivity index (χ3n) is 2.56. The molecule has 12 heavy (non-hydrogen) atoms. The number of hydrogen-bond donors (Lipinski definition) is 0. The molecule has 0 aromatic carbocycles. The lowest BCUT2D eigenvalue weighted by Crippen LogP contribution is -2.39. The number of fused-ring (bicyclic) bond motifs is 1. The summed E-state index contributed by atoms with van der Waals surface area (Å²) in [6.07, 6.45) is 2.46. The molecule has 0 radical (unpaired) electrons. The van der Waals surface area contributed by atoms with E-state index in [1.807, 2.05) is 11.8 Å². The Morgan fingerprint density at radius 3 is 3.25 bits per heavy atom. The summed E-state index contributed by atoms with van der Waals surface area (Å²) < 4.78 is 4.75. The van der Waals surface area contributed by atoms with Crippen molar-refractivity contribution in [2.75, 3.05) is 19.4 Å². The number of hydrogen-bond acceptors (Lipinski definition) is 4. The predicted molar refractivity (Wildman–Crippen MR) is 48.0 cm³/mol. The predicted octanol–water partition coefficient (Wildman–Crippen LogP) is 0.697. The molecule has 2 saturated heterocycles. The van der Waals surface area contributed by atoms with Crippen molar-refractivity contribution in [2.24, 2.45) is 0 Å². The highest BCUT2D eigenvalue weighted by molar-refractivity contribution is 8.00. The Labute approximate surface area is 76.4 Å². The van der Waals surface area contributed by atoms with Gasteiger partial charge in [0.05, 0.1) is 12.5 Å². The van der Waals surface area contributed by atoms with Crippen LogP contribution in [0.5, 0.6) is 0 Å².